The Bertz CT molecular complexity index is 295. The number of hydrogen-bond donors (Lipinski definition) is 0. The highest BCUT2D eigenvalue weighted by atomic mass is 79.9. The van der Waals surface area contributed by atoms with E-state index in [0.717, 1.165) is 23.1 Å². The van der Waals surface area contributed by atoms with Crippen LogP contribution >= 0.6 is 15.9 Å². The number of aromatic nitrogens is 2. The van der Waals surface area contributed by atoms with Crippen molar-refractivity contribution in [2.24, 2.45) is 0 Å². The minimum Gasteiger partial charge on any atom is -0.155 e. The van der Waals surface area contributed by atoms with Crippen LogP contribution in [0.25, 0.3) is 0 Å². The van der Waals surface area contributed by atoms with Gasteiger partial charge in [-0.25, -0.2) is 0 Å². The summed E-state index contributed by atoms with van der Waals surface area (Å²) >= 11 is 3.30. The van der Waals surface area contributed by atoms with Gasteiger partial charge in [0.05, 0.1) is 5.69 Å². The van der Waals surface area contributed by atoms with Crippen molar-refractivity contribution in [2.75, 3.05) is 5.33 Å². The number of alkyl halides is 1. The van der Waals surface area contributed by atoms with Crippen molar-refractivity contribution in [3.63, 3.8) is 0 Å². The minimum atomic E-state index is 0.738. The highest BCUT2D eigenvalue weighted by molar-refractivity contribution is 9.09. The van der Waals surface area contributed by atoms with Gasteiger partial charge in [0.15, 0.2) is 0 Å². The lowest BCUT2D eigenvalue weighted by molar-refractivity contribution is 0.966. The Morgan fingerprint density at radius 1 is 1.42 bits per heavy atom. The molecule has 62 valence electrons. The van der Waals surface area contributed by atoms with Gasteiger partial charge < -0.3 is 0 Å². The molecular formula is C9H9BrN2. The molecule has 0 radical (unpaired) electrons. The van der Waals surface area contributed by atoms with Crippen LogP contribution in [0.15, 0.2) is 12.1 Å². The van der Waals surface area contributed by atoms with Crippen molar-refractivity contribution < 1.29 is 0 Å². The van der Waals surface area contributed by atoms with E-state index in [1.165, 1.54) is 0 Å². The Balaban J connectivity index is 2.66. The van der Waals surface area contributed by atoms with E-state index in [4.69, 9.17) is 0 Å². The Hall–Kier alpha value is -0.880. The van der Waals surface area contributed by atoms with E-state index in [9.17, 15) is 0 Å². The number of hydrogen-bond acceptors (Lipinski definition) is 2. The van der Waals surface area contributed by atoms with Crippen LogP contribution in [-0.4, -0.2) is 15.5 Å². The van der Waals surface area contributed by atoms with Gasteiger partial charge in [-0.05, 0) is 25.0 Å². The molecule has 1 aromatic heterocycles. The fraction of sp³-hybridized carbons (Fsp3) is 0.333. The molecule has 2 nitrogen and oxygen atoms in total. The molecule has 1 aromatic rings. The molecule has 0 saturated heterocycles. The summed E-state index contributed by atoms with van der Waals surface area (Å²) in [4.78, 5) is 0. The van der Waals surface area contributed by atoms with E-state index in [2.05, 4.69) is 38.0 Å². The third kappa shape index (κ3) is 3.02. The van der Waals surface area contributed by atoms with Crippen LogP contribution in [0.5, 0.6) is 0 Å². The molecule has 0 unspecified atom stereocenters. The van der Waals surface area contributed by atoms with Gasteiger partial charge in [0, 0.05) is 11.8 Å². The molecule has 3 heteroatoms. The Morgan fingerprint density at radius 3 is 2.83 bits per heavy atom. The Morgan fingerprint density at radius 2 is 2.25 bits per heavy atom. The van der Waals surface area contributed by atoms with Crippen LogP contribution in [-0.2, 0) is 0 Å². The predicted octanol–water partition coefficient (Wildman–Crippen LogP) is 1.92. The third-order valence-electron chi connectivity index (χ3n) is 1.23. The molecule has 1 heterocycles. The number of nitrogens with zero attached hydrogens (tertiary/aromatic N) is 2. The summed E-state index contributed by atoms with van der Waals surface area (Å²) in [5.74, 6) is 5.89. The zero-order valence-electron chi connectivity index (χ0n) is 6.84. The molecule has 0 aliphatic rings. The molecule has 1 rings (SSSR count). The molecule has 12 heavy (non-hydrogen) atoms. The summed E-state index contributed by atoms with van der Waals surface area (Å²) in [5.41, 5.74) is 1.66. The van der Waals surface area contributed by atoms with Crippen LogP contribution in [0.2, 0.25) is 0 Å². The summed E-state index contributed by atoms with van der Waals surface area (Å²) in [6.07, 6.45) is 0.843. The molecule has 0 saturated carbocycles. The van der Waals surface area contributed by atoms with E-state index in [1.54, 1.807) is 0 Å². The first-order valence-electron chi connectivity index (χ1n) is 3.68. The summed E-state index contributed by atoms with van der Waals surface area (Å²) in [7, 11) is 0. The van der Waals surface area contributed by atoms with Gasteiger partial charge in [0.2, 0.25) is 0 Å². The minimum absolute atomic E-state index is 0.738. The van der Waals surface area contributed by atoms with Crippen LogP contribution < -0.4 is 0 Å². The van der Waals surface area contributed by atoms with Crippen molar-refractivity contribution in [2.45, 2.75) is 13.3 Å². The monoisotopic (exact) mass is 224 g/mol. The highest BCUT2D eigenvalue weighted by Gasteiger charge is 1.87. The number of aryl methyl sites for hydroxylation is 1. The first kappa shape index (κ1) is 9.21. The molecule has 0 spiro atoms. The first-order chi connectivity index (χ1) is 5.83. The maximum Gasteiger partial charge on any atom is 0.135 e. The normalized spacial score (nSPS) is 8.83. The average molecular weight is 225 g/mol. The van der Waals surface area contributed by atoms with E-state index >= 15 is 0 Å². The van der Waals surface area contributed by atoms with Crippen LogP contribution in [0, 0.1) is 18.8 Å². The quantitative estimate of drug-likeness (QED) is 0.539. The van der Waals surface area contributed by atoms with Gasteiger partial charge in [0.25, 0.3) is 0 Å². The maximum absolute atomic E-state index is 3.91. The average Bonchev–Trinajstić information content (AvgIpc) is 2.09. The third-order valence-corrected chi connectivity index (χ3v) is 1.63. The van der Waals surface area contributed by atoms with Crippen LogP contribution in [0.4, 0.5) is 0 Å². The number of halogens is 1. The molecule has 0 bridgehead atoms. The summed E-state index contributed by atoms with van der Waals surface area (Å²) in [6, 6.07) is 3.79. The first-order valence-corrected chi connectivity index (χ1v) is 4.80. The van der Waals surface area contributed by atoms with Crippen molar-refractivity contribution in [3.05, 3.63) is 23.5 Å². The molecule has 0 aliphatic carbocycles. The summed E-state index contributed by atoms with van der Waals surface area (Å²) < 4.78 is 0. The van der Waals surface area contributed by atoms with E-state index < -0.39 is 0 Å². The van der Waals surface area contributed by atoms with E-state index in [-0.39, 0.29) is 0 Å². The zero-order valence-corrected chi connectivity index (χ0v) is 8.43. The Kier molecular flexibility index (Phi) is 3.75. The second-order valence-electron chi connectivity index (χ2n) is 2.30. The highest BCUT2D eigenvalue weighted by Crippen LogP contribution is 1.93. The SMILES string of the molecule is Cc1ccc(C#CCCBr)nn1. The standard InChI is InChI=1S/C9H9BrN2/c1-8-5-6-9(12-11-8)4-2-3-7-10/h5-6H,3,7H2,1H3. The lowest BCUT2D eigenvalue weighted by atomic mass is 10.3. The lowest BCUT2D eigenvalue weighted by Gasteiger charge is -1.88. The van der Waals surface area contributed by atoms with Crippen LogP contribution in [0.3, 0.4) is 0 Å². The molecular weight excluding hydrogens is 216 g/mol. The molecule has 0 aromatic carbocycles. The van der Waals surface area contributed by atoms with E-state index in [0.29, 0.717) is 0 Å². The fourth-order valence-electron chi connectivity index (χ4n) is 0.666. The Labute approximate surface area is 80.5 Å². The second kappa shape index (κ2) is 4.89. The smallest absolute Gasteiger partial charge is 0.135 e. The zero-order chi connectivity index (χ0) is 8.81. The summed E-state index contributed by atoms with van der Waals surface area (Å²) in [5, 5.41) is 8.71. The summed E-state index contributed by atoms with van der Waals surface area (Å²) in [6.45, 7) is 1.91. The molecule has 0 amide bonds. The van der Waals surface area contributed by atoms with Crippen LogP contribution in [0.1, 0.15) is 17.8 Å². The van der Waals surface area contributed by atoms with Gasteiger partial charge in [-0.15, -0.1) is 5.10 Å². The maximum atomic E-state index is 3.91. The van der Waals surface area contributed by atoms with Gasteiger partial charge >= 0.3 is 0 Å². The lowest BCUT2D eigenvalue weighted by Crippen LogP contribution is -1.88. The molecule has 0 N–H and O–H groups in total. The van der Waals surface area contributed by atoms with Gasteiger partial charge in [-0.3, -0.25) is 0 Å². The second-order valence-corrected chi connectivity index (χ2v) is 3.09. The van der Waals surface area contributed by atoms with Gasteiger partial charge in [-0.1, -0.05) is 21.9 Å². The van der Waals surface area contributed by atoms with Crippen molar-refractivity contribution >= 4 is 15.9 Å². The van der Waals surface area contributed by atoms with Crippen molar-refractivity contribution in [3.8, 4) is 11.8 Å². The fourth-order valence-corrected chi connectivity index (χ4v) is 0.864. The largest absolute Gasteiger partial charge is 0.155 e. The molecule has 0 aliphatic heterocycles. The number of rotatable bonds is 1. The van der Waals surface area contributed by atoms with E-state index in [1.807, 2.05) is 19.1 Å². The van der Waals surface area contributed by atoms with Gasteiger partial charge in [0.1, 0.15) is 5.69 Å². The molecule has 0 atom stereocenters. The topological polar surface area (TPSA) is 25.8 Å². The molecule has 0 fully saturated rings. The van der Waals surface area contributed by atoms with Gasteiger partial charge in [-0.2, -0.15) is 5.10 Å². The predicted molar refractivity (Wildman–Crippen MR) is 52.1 cm³/mol. The van der Waals surface area contributed by atoms with Crippen molar-refractivity contribution in [1.29, 1.82) is 0 Å². The van der Waals surface area contributed by atoms with Crippen molar-refractivity contribution in [1.82, 2.24) is 10.2 Å².